The third-order valence-corrected chi connectivity index (χ3v) is 3.09. The SMILES string of the molecule is O=C(O)C(Cc1ccc(O)cc1O)c1ccc(O)cc1. The molecule has 0 amide bonds. The van der Waals surface area contributed by atoms with Crippen LogP contribution >= 0.6 is 0 Å². The first-order valence-electron chi connectivity index (χ1n) is 6.00. The van der Waals surface area contributed by atoms with Crippen molar-refractivity contribution in [1.82, 2.24) is 0 Å². The molecule has 2 aromatic rings. The second-order valence-electron chi connectivity index (χ2n) is 4.50. The van der Waals surface area contributed by atoms with Crippen molar-refractivity contribution in [2.24, 2.45) is 0 Å². The van der Waals surface area contributed by atoms with E-state index in [4.69, 9.17) is 0 Å². The van der Waals surface area contributed by atoms with Gasteiger partial charge in [0.2, 0.25) is 0 Å². The second-order valence-corrected chi connectivity index (χ2v) is 4.50. The largest absolute Gasteiger partial charge is 0.508 e. The molecule has 4 N–H and O–H groups in total. The lowest BCUT2D eigenvalue weighted by molar-refractivity contribution is -0.138. The van der Waals surface area contributed by atoms with E-state index in [9.17, 15) is 25.2 Å². The molecule has 0 aromatic heterocycles. The van der Waals surface area contributed by atoms with Crippen LogP contribution < -0.4 is 0 Å². The molecule has 0 aliphatic carbocycles. The van der Waals surface area contributed by atoms with Crippen LogP contribution in [0.4, 0.5) is 0 Å². The van der Waals surface area contributed by atoms with Crippen molar-refractivity contribution in [3.63, 3.8) is 0 Å². The van der Waals surface area contributed by atoms with Crippen molar-refractivity contribution in [3.8, 4) is 17.2 Å². The molecule has 5 nitrogen and oxygen atoms in total. The van der Waals surface area contributed by atoms with Gasteiger partial charge in [0, 0.05) is 6.07 Å². The molecule has 1 unspecified atom stereocenters. The van der Waals surface area contributed by atoms with Crippen molar-refractivity contribution in [3.05, 3.63) is 53.6 Å². The van der Waals surface area contributed by atoms with Gasteiger partial charge in [-0.05, 0) is 35.7 Å². The number of rotatable bonds is 4. The van der Waals surface area contributed by atoms with Crippen LogP contribution in [-0.4, -0.2) is 26.4 Å². The molecule has 0 aliphatic heterocycles. The zero-order chi connectivity index (χ0) is 14.7. The van der Waals surface area contributed by atoms with Crippen LogP contribution in [0.15, 0.2) is 42.5 Å². The summed E-state index contributed by atoms with van der Waals surface area (Å²) in [5, 5.41) is 37.5. The second kappa shape index (κ2) is 5.52. The molecule has 5 heteroatoms. The van der Waals surface area contributed by atoms with Crippen molar-refractivity contribution < 1.29 is 25.2 Å². The number of aromatic hydroxyl groups is 3. The van der Waals surface area contributed by atoms with E-state index in [1.165, 1.54) is 42.5 Å². The van der Waals surface area contributed by atoms with Crippen LogP contribution in [0, 0.1) is 0 Å². The number of phenolic OH excluding ortho intramolecular Hbond substituents is 3. The molecule has 2 rings (SSSR count). The Morgan fingerprint density at radius 2 is 1.55 bits per heavy atom. The zero-order valence-corrected chi connectivity index (χ0v) is 10.5. The fourth-order valence-corrected chi connectivity index (χ4v) is 2.00. The number of benzene rings is 2. The lowest BCUT2D eigenvalue weighted by atomic mass is 9.91. The van der Waals surface area contributed by atoms with Crippen molar-refractivity contribution in [1.29, 1.82) is 0 Å². The highest BCUT2D eigenvalue weighted by molar-refractivity contribution is 5.76. The van der Waals surface area contributed by atoms with Gasteiger partial charge in [-0.1, -0.05) is 18.2 Å². The van der Waals surface area contributed by atoms with Crippen molar-refractivity contribution in [2.45, 2.75) is 12.3 Å². The van der Waals surface area contributed by atoms with Crippen LogP contribution in [0.2, 0.25) is 0 Å². The third-order valence-electron chi connectivity index (χ3n) is 3.09. The van der Waals surface area contributed by atoms with E-state index in [-0.39, 0.29) is 23.7 Å². The Hall–Kier alpha value is -2.69. The van der Waals surface area contributed by atoms with Gasteiger partial charge in [-0.2, -0.15) is 0 Å². The molecule has 20 heavy (non-hydrogen) atoms. The topological polar surface area (TPSA) is 98.0 Å². The van der Waals surface area contributed by atoms with Gasteiger partial charge in [-0.25, -0.2) is 0 Å². The first-order chi connectivity index (χ1) is 9.47. The van der Waals surface area contributed by atoms with E-state index in [0.29, 0.717) is 11.1 Å². The molecular formula is C15H14O5. The summed E-state index contributed by atoms with van der Waals surface area (Å²) in [5.74, 6) is -2.03. The minimum absolute atomic E-state index is 0.0605. The van der Waals surface area contributed by atoms with Crippen LogP contribution in [-0.2, 0) is 11.2 Å². The molecule has 104 valence electrons. The molecule has 0 saturated heterocycles. The lowest BCUT2D eigenvalue weighted by Crippen LogP contribution is -2.14. The maximum Gasteiger partial charge on any atom is 0.311 e. The minimum Gasteiger partial charge on any atom is -0.508 e. The van der Waals surface area contributed by atoms with E-state index >= 15 is 0 Å². The summed E-state index contributed by atoms with van der Waals surface area (Å²) in [6.45, 7) is 0. The van der Waals surface area contributed by atoms with E-state index in [1.54, 1.807) is 0 Å². The van der Waals surface area contributed by atoms with Gasteiger partial charge in [0.25, 0.3) is 0 Å². The number of hydrogen-bond acceptors (Lipinski definition) is 4. The standard InChI is InChI=1S/C15H14O5/c16-11-4-1-9(2-5-11)13(15(19)20)7-10-3-6-12(17)8-14(10)18/h1-6,8,13,16-18H,7H2,(H,19,20). The van der Waals surface area contributed by atoms with Gasteiger partial charge in [0.15, 0.2) is 0 Å². The van der Waals surface area contributed by atoms with E-state index in [0.717, 1.165) is 0 Å². The van der Waals surface area contributed by atoms with Gasteiger partial charge >= 0.3 is 5.97 Å². The summed E-state index contributed by atoms with van der Waals surface area (Å²) < 4.78 is 0. The summed E-state index contributed by atoms with van der Waals surface area (Å²) in [4.78, 5) is 11.4. The molecule has 0 saturated carbocycles. The van der Waals surface area contributed by atoms with Crippen molar-refractivity contribution >= 4 is 5.97 Å². The Bertz CT molecular complexity index is 619. The van der Waals surface area contributed by atoms with E-state index in [1.807, 2.05) is 0 Å². The fraction of sp³-hybridized carbons (Fsp3) is 0.133. The number of carboxylic acids is 1. The Kier molecular flexibility index (Phi) is 3.79. The Balaban J connectivity index is 2.30. The summed E-state index contributed by atoms with van der Waals surface area (Å²) in [5.41, 5.74) is 0.964. The Morgan fingerprint density at radius 3 is 2.10 bits per heavy atom. The third kappa shape index (κ3) is 3.00. The molecule has 0 spiro atoms. The average molecular weight is 274 g/mol. The molecule has 1 atom stereocenters. The average Bonchev–Trinajstić information content (AvgIpc) is 2.39. The van der Waals surface area contributed by atoms with E-state index < -0.39 is 11.9 Å². The number of aliphatic carboxylic acids is 1. The first-order valence-corrected chi connectivity index (χ1v) is 6.00. The number of carbonyl (C=O) groups is 1. The molecule has 0 aliphatic rings. The predicted molar refractivity (Wildman–Crippen MR) is 72.0 cm³/mol. The predicted octanol–water partition coefficient (Wildman–Crippen LogP) is 2.21. The lowest BCUT2D eigenvalue weighted by Gasteiger charge is -2.14. The van der Waals surface area contributed by atoms with Crippen LogP contribution in [0.3, 0.4) is 0 Å². The fourth-order valence-electron chi connectivity index (χ4n) is 2.00. The van der Waals surface area contributed by atoms with Crippen LogP contribution in [0.5, 0.6) is 17.2 Å². The normalized spacial score (nSPS) is 12.0. The highest BCUT2D eigenvalue weighted by atomic mass is 16.4. The maximum atomic E-state index is 11.4. The maximum absolute atomic E-state index is 11.4. The van der Waals surface area contributed by atoms with E-state index in [2.05, 4.69) is 0 Å². The molecule has 0 fully saturated rings. The Morgan fingerprint density at radius 1 is 0.950 bits per heavy atom. The molecule has 0 radical (unpaired) electrons. The summed E-state index contributed by atoms with van der Waals surface area (Å²) in [6, 6.07) is 9.96. The Labute approximate surface area is 115 Å². The summed E-state index contributed by atoms with van der Waals surface area (Å²) in [6.07, 6.45) is 0.0895. The number of carboxylic acid groups (broad SMARTS) is 1. The quantitative estimate of drug-likeness (QED) is 0.685. The zero-order valence-electron chi connectivity index (χ0n) is 10.5. The van der Waals surface area contributed by atoms with Crippen LogP contribution in [0.1, 0.15) is 17.0 Å². The highest BCUT2D eigenvalue weighted by Crippen LogP contribution is 2.29. The highest BCUT2D eigenvalue weighted by Gasteiger charge is 2.21. The van der Waals surface area contributed by atoms with Gasteiger partial charge in [0.05, 0.1) is 5.92 Å². The van der Waals surface area contributed by atoms with Gasteiger partial charge in [-0.3, -0.25) is 4.79 Å². The minimum atomic E-state index is -1.02. The molecular weight excluding hydrogens is 260 g/mol. The molecule has 0 heterocycles. The summed E-state index contributed by atoms with van der Waals surface area (Å²) >= 11 is 0. The van der Waals surface area contributed by atoms with Crippen LogP contribution in [0.25, 0.3) is 0 Å². The number of hydrogen-bond donors (Lipinski definition) is 4. The van der Waals surface area contributed by atoms with Gasteiger partial charge in [0.1, 0.15) is 17.2 Å². The monoisotopic (exact) mass is 274 g/mol. The van der Waals surface area contributed by atoms with Gasteiger partial charge in [-0.15, -0.1) is 0 Å². The summed E-state index contributed by atoms with van der Waals surface area (Å²) in [7, 11) is 0. The first kappa shape index (κ1) is 13.7. The molecule has 2 aromatic carbocycles. The van der Waals surface area contributed by atoms with Crippen molar-refractivity contribution in [2.75, 3.05) is 0 Å². The van der Waals surface area contributed by atoms with Gasteiger partial charge < -0.3 is 20.4 Å². The number of phenols is 3. The smallest absolute Gasteiger partial charge is 0.311 e. The molecule has 0 bridgehead atoms.